The van der Waals surface area contributed by atoms with Crippen molar-refractivity contribution in [2.45, 2.75) is 17.9 Å². The van der Waals surface area contributed by atoms with Crippen LogP contribution in [0.5, 0.6) is 0 Å². The number of amidine groups is 1. The number of sulfonamides is 1. The van der Waals surface area contributed by atoms with E-state index >= 15 is 0 Å². The molecule has 1 atom stereocenters. The van der Waals surface area contributed by atoms with Crippen LogP contribution in [0, 0.1) is 11.3 Å². The van der Waals surface area contributed by atoms with Gasteiger partial charge in [-0.3, -0.25) is 14.5 Å². The third kappa shape index (κ3) is 3.91. The van der Waals surface area contributed by atoms with E-state index in [-0.39, 0.29) is 22.2 Å². The van der Waals surface area contributed by atoms with Crippen molar-refractivity contribution in [3.63, 3.8) is 0 Å². The van der Waals surface area contributed by atoms with E-state index in [0.29, 0.717) is 16.5 Å². The van der Waals surface area contributed by atoms with E-state index in [0.717, 1.165) is 0 Å². The van der Waals surface area contributed by atoms with Gasteiger partial charge in [-0.25, -0.2) is 13.2 Å². The quantitative estimate of drug-likeness (QED) is 0.561. The minimum Gasteiger partial charge on any atom is -0.454 e. The molecule has 0 radical (unpaired) electrons. The van der Waals surface area contributed by atoms with Crippen LogP contribution in [-0.4, -0.2) is 38.8 Å². The van der Waals surface area contributed by atoms with Crippen molar-refractivity contribution in [3.05, 3.63) is 59.9 Å². The number of hydrogen-bond donors (Lipinski definition) is 2. The highest BCUT2D eigenvalue weighted by atomic mass is 32.2. The Morgan fingerprint density at radius 3 is 2.72 bits per heavy atom. The Hall–Kier alpha value is -4.17. The minimum absolute atomic E-state index is 0.0260. The number of fused-ring (bicyclic) bond motifs is 2. The molecule has 2 heterocycles. The highest BCUT2D eigenvalue weighted by molar-refractivity contribution is 7.90. The number of nitrogens with one attached hydrogen (secondary N) is 2. The summed E-state index contributed by atoms with van der Waals surface area (Å²) in [5.74, 6) is -1.54. The Bertz CT molecular complexity index is 1420. The van der Waals surface area contributed by atoms with E-state index in [1.807, 2.05) is 6.07 Å². The molecule has 1 amide bonds. The number of benzene rings is 2. The smallest absolute Gasteiger partial charge is 0.331 e. The first-order valence-corrected chi connectivity index (χ1v) is 10.9. The summed E-state index contributed by atoms with van der Waals surface area (Å²) in [5, 5.41) is 12.3. The lowest BCUT2D eigenvalue weighted by atomic mass is 10.2. The first kappa shape index (κ1) is 21.1. The number of esters is 1. The van der Waals surface area contributed by atoms with Gasteiger partial charge in [0.25, 0.3) is 15.9 Å². The monoisotopic (exact) mass is 452 g/mol. The largest absolute Gasteiger partial charge is 0.454 e. The van der Waals surface area contributed by atoms with Crippen LogP contribution in [0.3, 0.4) is 0 Å². The van der Waals surface area contributed by atoms with Crippen molar-refractivity contribution in [1.82, 2.24) is 4.72 Å². The minimum atomic E-state index is -3.74. The number of carbonyl (C=O) groups is 2. The molecule has 1 aliphatic heterocycles. The Morgan fingerprint density at radius 2 is 1.94 bits per heavy atom. The third-order valence-electron chi connectivity index (χ3n) is 4.63. The summed E-state index contributed by atoms with van der Waals surface area (Å²) < 4.78 is 36.9. The Morgan fingerprint density at radius 1 is 1.22 bits per heavy atom. The zero-order chi connectivity index (χ0) is 22.9. The summed E-state index contributed by atoms with van der Waals surface area (Å²) in [4.78, 5) is 28.7. The first-order chi connectivity index (χ1) is 15.3. The van der Waals surface area contributed by atoms with E-state index < -0.39 is 34.5 Å². The fraction of sp³-hybridized carbons (Fsp3) is 0.143. The molecular formula is C21H16N4O6S. The molecule has 10 nitrogen and oxygen atoms in total. The van der Waals surface area contributed by atoms with Gasteiger partial charge in [-0.05, 0) is 31.2 Å². The maximum Gasteiger partial charge on any atom is 0.331 e. The van der Waals surface area contributed by atoms with Gasteiger partial charge in [0.1, 0.15) is 29.2 Å². The molecule has 4 rings (SSSR count). The number of furan rings is 1. The summed E-state index contributed by atoms with van der Waals surface area (Å²) in [6.07, 6.45) is 0. The van der Waals surface area contributed by atoms with Gasteiger partial charge in [0.15, 0.2) is 6.61 Å². The zero-order valence-corrected chi connectivity index (χ0v) is 17.5. The van der Waals surface area contributed by atoms with Crippen LogP contribution in [0.1, 0.15) is 18.2 Å². The normalized spacial score (nSPS) is 16.1. The maximum absolute atomic E-state index is 12.3. The average Bonchev–Trinajstić information content (AvgIpc) is 3.26. The number of anilines is 1. The molecule has 3 aromatic rings. The fourth-order valence-electron chi connectivity index (χ4n) is 3.16. The van der Waals surface area contributed by atoms with Crippen LogP contribution in [0.4, 0.5) is 5.69 Å². The molecular weight excluding hydrogens is 436 g/mol. The molecule has 0 aliphatic carbocycles. The third-order valence-corrected chi connectivity index (χ3v) is 6.03. The van der Waals surface area contributed by atoms with Gasteiger partial charge in [-0.15, -0.1) is 0 Å². The maximum atomic E-state index is 12.3. The molecule has 0 saturated carbocycles. The lowest BCUT2D eigenvalue weighted by Gasteiger charge is -2.09. The van der Waals surface area contributed by atoms with Gasteiger partial charge in [0, 0.05) is 10.9 Å². The van der Waals surface area contributed by atoms with Crippen LogP contribution in [0.2, 0.25) is 0 Å². The number of para-hydroxylation sites is 1. The van der Waals surface area contributed by atoms with Crippen molar-refractivity contribution >= 4 is 44.4 Å². The number of rotatable bonds is 5. The second-order valence-corrected chi connectivity index (χ2v) is 8.48. The molecule has 11 heteroatoms. The van der Waals surface area contributed by atoms with Crippen molar-refractivity contribution in [1.29, 1.82) is 5.26 Å². The van der Waals surface area contributed by atoms with Crippen LogP contribution < -0.4 is 10.0 Å². The van der Waals surface area contributed by atoms with Crippen molar-refractivity contribution in [3.8, 4) is 6.07 Å². The number of nitrogens with zero attached hydrogens (tertiary/aromatic N) is 2. The molecule has 162 valence electrons. The molecule has 2 aromatic carbocycles. The average molecular weight is 452 g/mol. The highest BCUT2D eigenvalue weighted by Gasteiger charge is 2.31. The van der Waals surface area contributed by atoms with Gasteiger partial charge in [-0.1, -0.05) is 24.3 Å². The molecule has 0 fully saturated rings. The summed E-state index contributed by atoms with van der Waals surface area (Å²) >= 11 is 0. The predicted molar refractivity (Wildman–Crippen MR) is 113 cm³/mol. The number of hydrogen-bond acceptors (Lipinski definition) is 8. The molecule has 0 bridgehead atoms. The topological polar surface area (TPSA) is 151 Å². The van der Waals surface area contributed by atoms with Crippen molar-refractivity contribution in [2.24, 2.45) is 4.99 Å². The van der Waals surface area contributed by atoms with Crippen LogP contribution in [0.25, 0.3) is 11.0 Å². The van der Waals surface area contributed by atoms with Gasteiger partial charge >= 0.3 is 5.97 Å². The second kappa shape index (κ2) is 8.16. The Labute approximate surface area is 182 Å². The van der Waals surface area contributed by atoms with Crippen LogP contribution >= 0.6 is 0 Å². The number of nitriles is 1. The molecule has 2 N–H and O–H groups in total. The lowest BCUT2D eigenvalue weighted by Crippen LogP contribution is -2.28. The molecule has 0 saturated heterocycles. The second-order valence-electron chi connectivity index (χ2n) is 6.83. The summed E-state index contributed by atoms with van der Waals surface area (Å²) in [6, 6.07) is 13.8. The van der Waals surface area contributed by atoms with E-state index in [2.05, 4.69) is 15.0 Å². The molecule has 0 spiro atoms. The summed E-state index contributed by atoms with van der Waals surface area (Å²) in [6.45, 7) is 0.792. The first-order valence-electron chi connectivity index (χ1n) is 9.38. The van der Waals surface area contributed by atoms with Gasteiger partial charge in [0.05, 0.1) is 4.90 Å². The van der Waals surface area contributed by atoms with Gasteiger partial charge < -0.3 is 14.5 Å². The molecule has 1 aromatic heterocycles. The number of ether oxygens (including phenoxy) is 1. The molecule has 1 aliphatic rings. The number of aliphatic imine (C=N–C) groups is 1. The van der Waals surface area contributed by atoms with E-state index in [1.54, 1.807) is 42.5 Å². The Balaban J connectivity index is 1.42. The SMILES string of the molecule is C[C@H](N=C1NS(=O)(=O)c2ccccc21)C(=O)OCC(=O)Nc1c(C#N)oc2ccccc12. The van der Waals surface area contributed by atoms with Crippen molar-refractivity contribution < 1.29 is 27.2 Å². The standard InChI is InChI=1S/C21H16N4O6S/c1-12(23-20-14-7-3-5-9-17(14)32(28,29)25-20)21(27)30-11-18(26)24-19-13-6-2-4-8-15(13)31-16(19)10-22/h2-9,12H,11H2,1H3,(H,23,25)(H,24,26)/t12-/m0/s1. The summed E-state index contributed by atoms with van der Waals surface area (Å²) in [5.41, 5.74) is 0.968. The van der Waals surface area contributed by atoms with Gasteiger partial charge in [0.2, 0.25) is 5.76 Å². The van der Waals surface area contributed by atoms with Crippen LogP contribution in [0.15, 0.2) is 62.8 Å². The van der Waals surface area contributed by atoms with E-state index in [9.17, 15) is 23.3 Å². The lowest BCUT2D eigenvalue weighted by molar-refractivity contribution is -0.148. The predicted octanol–water partition coefficient (Wildman–Crippen LogP) is 1.91. The Kier molecular flexibility index (Phi) is 5.38. The molecule has 0 unspecified atom stereocenters. The number of carbonyl (C=O) groups excluding carboxylic acids is 2. The number of amides is 1. The fourth-order valence-corrected chi connectivity index (χ4v) is 4.40. The van der Waals surface area contributed by atoms with E-state index in [4.69, 9.17) is 9.15 Å². The van der Waals surface area contributed by atoms with E-state index in [1.165, 1.54) is 13.0 Å². The van der Waals surface area contributed by atoms with Crippen LogP contribution in [-0.2, 0) is 24.3 Å². The van der Waals surface area contributed by atoms with Gasteiger partial charge in [-0.2, -0.15) is 5.26 Å². The highest BCUT2D eigenvalue weighted by Crippen LogP contribution is 2.30. The van der Waals surface area contributed by atoms with Crippen molar-refractivity contribution in [2.75, 3.05) is 11.9 Å². The summed E-state index contributed by atoms with van der Waals surface area (Å²) in [7, 11) is -3.74. The zero-order valence-electron chi connectivity index (χ0n) is 16.7. The molecule has 32 heavy (non-hydrogen) atoms.